The second-order valence-electron chi connectivity index (χ2n) is 5.39. The van der Waals surface area contributed by atoms with E-state index in [1.54, 1.807) is 19.3 Å². The molecule has 0 saturated carbocycles. The summed E-state index contributed by atoms with van der Waals surface area (Å²) in [5.41, 5.74) is 2.07. The average Bonchev–Trinajstić information content (AvgIpc) is 3.08. The fraction of sp³-hybridized carbons (Fsp3) is 0.167. The Kier molecular flexibility index (Phi) is 4.56. The Morgan fingerprint density at radius 1 is 1.12 bits per heavy atom. The number of carbonyl (C=O) groups excluding carboxylic acids is 1. The summed E-state index contributed by atoms with van der Waals surface area (Å²) in [5.74, 6) is 1.62. The number of para-hydroxylation sites is 1. The first kappa shape index (κ1) is 15.7. The molecule has 3 rings (SSSR count). The van der Waals surface area contributed by atoms with Gasteiger partial charge in [-0.05, 0) is 37.6 Å². The number of carbonyl (C=O) groups is 1. The van der Waals surface area contributed by atoms with Crippen molar-refractivity contribution in [3.05, 3.63) is 71.6 Å². The minimum atomic E-state index is -0.268. The minimum Gasteiger partial charge on any atom is -0.467 e. The Labute approximate surface area is 140 Å². The number of hydrogen-bond donors (Lipinski definition) is 2. The van der Waals surface area contributed by atoms with Gasteiger partial charge in [0.25, 0.3) is 5.91 Å². The molecule has 24 heavy (non-hydrogen) atoms. The van der Waals surface area contributed by atoms with Crippen molar-refractivity contribution in [1.82, 2.24) is 9.97 Å². The van der Waals surface area contributed by atoms with Crippen LogP contribution in [-0.2, 0) is 6.54 Å². The monoisotopic (exact) mass is 322 g/mol. The molecular weight excluding hydrogens is 304 g/mol. The molecular formula is C18H18N4O2. The van der Waals surface area contributed by atoms with E-state index in [9.17, 15) is 4.79 Å². The first-order chi connectivity index (χ1) is 11.6. The van der Waals surface area contributed by atoms with Gasteiger partial charge in [0.1, 0.15) is 23.1 Å². The molecule has 6 heteroatoms. The van der Waals surface area contributed by atoms with Gasteiger partial charge in [0.05, 0.1) is 12.8 Å². The third-order valence-electron chi connectivity index (χ3n) is 3.49. The van der Waals surface area contributed by atoms with Crippen LogP contribution < -0.4 is 10.6 Å². The number of nitrogens with one attached hydrogen (secondary N) is 2. The van der Waals surface area contributed by atoms with Crippen molar-refractivity contribution in [3.8, 4) is 0 Å². The highest BCUT2D eigenvalue weighted by atomic mass is 16.3. The summed E-state index contributed by atoms with van der Waals surface area (Å²) in [6, 6.07) is 12.9. The van der Waals surface area contributed by atoms with E-state index in [1.165, 1.54) is 0 Å². The summed E-state index contributed by atoms with van der Waals surface area (Å²) in [6.07, 6.45) is 1.61. The Balaban J connectivity index is 1.75. The number of furan rings is 1. The summed E-state index contributed by atoms with van der Waals surface area (Å²) >= 11 is 0. The van der Waals surface area contributed by atoms with E-state index in [0.29, 0.717) is 23.9 Å². The lowest BCUT2D eigenvalue weighted by atomic mass is 10.2. The van der Waals surface area contributed by atoms with Crippen LogP contribution in [0.5, 0.6) is 0 Å². The standard InChI is InChI=1S/C18H18N4O2/c1-12-6-3-4-8-15(12)22-18(23)16-10-17(21-13(2)20-16)19-11-14-7-5-9-24-14/h3-10H,11H2,1-2H3,(H,22,23)(H,19,20,21). The van der Waals surface area contributed by atoms with Gasteiger partial charge in [-0.15, -0.1) is 0 Å². The van der Waals surface area contributed by atoms with Crippen LogP contribution in [0.1, 0.15) is 27.6 Å². The van der Waals surface area contributed by atoms with Crippen molar-refractivity contribution >= 4 is 17.4 Å². The lowest BCUT2D eigenvalue weighted by Gasteiger charge is -2.10. The largest absolute Gasteiger partial charge is 0.467 e. The van der Waals surface area contributed by atoms with Crippen LogP contribution in [-0.4, -0.2) is 15.9 Å². The summed E-state index contributed by atoms with van der Waals surface area (Å²) in [6.45, 7) is 4.18. The molecule has 0 aliphatic rings. The van der Waals surface area contributed by atoms with E-state index in [4.69, 9.17) is 4.42 Å². The van der Waals surface area contributed by atoms with Crippen molar-refractivity contribution in [2.75, 3.05) is 10.6 Å². The van der Waals surface area contributed by atoms with Gasteiger partial charge in [0, 0.05) is 11.8 Å². The van der Waals surface area contributed by atoms with Gasteiger partial charge in [0.15, 0.2) is 0 Å². The van der Waals surface area contributed by atoms with E-state index in [2.05, 4.69) is 20.6 Å². The summed E-state index contributed by atoms with van der Waals surface area (Å²) in [7, 11) is 0. The van der Waals surface area contributed by atoms with Crippen LogP contribution >= 0.6 is 0 Å². The molecule has 122 valence electrons. The highest BCUT2D eigenvalue weighted by Crippen LogP contribution is 2.15. The molecule has 0 aliphatic heterocycles. The number of anilines is 2. The number of hydrogen-bond acceptors (Lipinski definition) is 5. The van der Waals surface area contributed by atoms with Gasteiger partial charge in [-0.3, -0.25) is 4.79 Å². The molecule has 0 bridgehead atoms. The van der Waals surface area contributed by atoms with Crippen LogP contribution in [0.3, 0.4) is 0 Å². The fourth-order valence-corrected chi connectivity index (χ4v) is 2.26. The van der Waals surface area contributed by atoms with Crippen molar-refractivity contribution in [2.24, 2.45) is 0 Å². The minimum absolute atomic E-state index is 0.268. The van der Waals surface area contributed by atoms with Crippen LogP contribution in [0, 0.1) is 13.8 Å². The first-order valence-corrected chi connectivity index (χ1v) is 7.61. The summed E-state index contributed by atoms with van der Waals surface area (Å²) in [5, 5.41) is 6.01. The van der Waals surface area contributed by atoms with Crippen LogP contribution in [0.15, 0.2) is 53.1 Å². The van der Waals surface area contributed by atoms with Crippen molar-refractivity contribution in [3.63, 3.8) is 0 Å². The van der Waals surface area contributed by atoms with Gasteiger partial charge >= 0.3 is 0 Å². The SMILES string of the molecule is Cc1nc(NCc2ccco2)cc(C(=O)Nc2ccccc2C)n1. The quantitative estimate of drug-likeness (QED) is 0.751. The number of aromatic nitrogens is 2. The molecule has 0 unspecified atom stereocenters. The summed E-state index contributed by atoms with van der Waals surface area (Å²) in [4.78, 5) is 21.0. The molecule has 1 aromatic carbocycles. The summed E-state index contributed by atoms with van der Waals surface area (Å²) < 4.78 is 5.27. The first-order valence-electron chi connectivity index (χ1n) is 7.61. The Morgan fingerprint density at radius 2 is 1.96 bits per heavy atom. The van der Waals surface area contributed by atoms with Crippen molar-refractivity contribution in [1.29, 1.82) is 0 Å². The zero-order valence-electron chi connectivity index (χ0n) is 13.5. The third-order valence-corrected chi connectivity index (χ3v) is 3.49. The number of amides is 1. The van der Waals surface area contributed by atoms with E-state index in [1.807, 2.05) is 43.3 Å². The predicted molar refractivity (Wildman–Crippen MR) is 91.9 cm³/mol. The molecule has 2 aromatic heterocycles. The second kappa shape index (κ2) is 6.95. The zero-order valence-corrected chi connectivity index (χ0v) is 13.5. The van der Waals surface area contributed by atoms with Crippen LogP contribution in [0.4, 0.5) is 11.5 Å². The van der Waals surface area contributed by atoms with Gasteiger partial charge in [-0.2, -0.15) is 0 Å². The van der Waals surface area contributed by atoms with Gasteiger partial charge in [-0.25, -0.2) is 9.97 Å². The Bertz CT molecular complexity index is 844. The maximum atomic E-state index is 12.5. The fourth-order valence-electron chi connectivity index (χ4n) is 2.26. The molecule has 6 nitrogen and oxygen atoms in total. The Morgan fingerprint density at radius 3 is 2.71 bits per heavy atom. The molecule has 3 aromatic rings. The lowest BCUT2D eigenvalue weighted by Crippen LogP contribution is -2.16. The maximum absolute atomic E-state index is 12.5. The maximum Gasteiger partial charge on any atom is 0.274 e. The number of nitrogens with zero attached hydrogens (tertiary/aromatic N) is 2. The van der Waals surface area contributed by atoms with E-state index in [0.717, 1.165) is 17.0 Å². The molecule has 0 fully saturated rings. The van der Waals surface area contributed by atoms with Crippen molar-refractivity contribution in [2.45, 2.75) is 20.4 Å². The van der Waals surface area contributed by atoms with Gasteiger partial charge < -0.3 is 15.1 Å². The van der Waals surface area contributed by atoms with Crippen LogP contribution in [0.25, 0.3) is 0 Å². The molecule has 0 spiro atoms. The number of aryl methyl sites for hydroxylation is 2. The topological polar surface area (TPSA) is 80.0 Å². The molecule has 2 heterocycles. The molecule has 1 amide bonds. The van der Waals surface area contributed by atoms with Crippen molar-refractivity contribution < 1.29 is 9.21 Å². The highest BCUT2D eigenvalue weighted by Gasteiger charge is 2.12. The van der Waals surface area contributed by atoms with Gasteiger partial charge in [-0.1, -0.05) is 18.2 Å². The zero-order chi connectivity index (χ0) is 16.9. The molecule has 2 N–H and O–H groups in total. The molecule has 0 aliphatic carbocycles. The Hall–Kier alpha value is -3.15. The number of benzene rings is 1. The number of rotatable bonds is 5. The van der Waals surface area contributed by atoms with E-state index >= 15 is 0 Å². The molecule has 0 radical (unpaired) electrons. The normalized spacial score (nSPS) is 10.4. The molecule has 0 saturated heterocycles. The van der Waals surface area contributed by atoms with E-state index in [-0.39, 0.29) is 5.91 Å². The lowest BCUT2D eigenvalue weighted by molar-refractivity contribution is 0.102. The van der Waals surface area contributed by atoms with Gasteiger partial charge in [0.2, 0.25) is 0 Å². The second-order valence-corrected chi connectivity index (χ2v) is 5.39. The third kappa shape index (κ3) is 3.78. The highest BCUT2D eigenvalue weighted by molar-refractivity contribution is 6.03. The van der Waals surface area contributed by atoms with E-state index < -0.39 is 0 Å². The molecule has 0 atom stereocenters. The average molecular weight is 322 g/mol. The van der Waals surface area contributed by atoms with Crippen LogP contribution in [0.2, 0.25) is 0 Å². The predicted octanol–water partition coefficient (Wildman–Crippen LogP) is 3.55. The smallest absolute Gasteiger partial charge is 0.274 e.